The minimum absolute atomic E-state index is 0.0152. The van der Waals surface area contributed by atoms with E-state index in [1.807, 2.05) is 32.9 Å². The normalized spacial score (nSPS) is 14.6. The van der Waals surface area contributed by atoms with Crippen molar-refractivity contribution in [2.45, 2.75) is 84.4 Å². The maximum absolute atomic E-state index is 14.7. The minimum Gasteiger partial charge on any atom is -0.269 e. The second-order valence-electron chi connectivity index (χ2n) is 16.0. The summed E-state index contributed by atoms with van der Waals surface area (Å²) in [6, 6.07) is 28.7. The summed E-state index contributed by atoms with van der Waals surface area (Å²) in [4.78, 5) is 59.1. The number of fused-ring (bicyclic) bond motifs is 4. The van der Waals surface area contributed by atoms with Gasteiger partial charge in [0.15, 0.2) is 0 Å². The number of carbonyl (C=O) groups excluding carboxylic acids is 4. The summed E-state index contributed by atoms with van der Waals surface area (Å²) in [5.74, 6) is -2.37. The summed E-state index contributed by atoms with van der Waals surface area (Å²) >= 11 is 0. The van der Waals surface area contributed by atoms with Crippen LogP contribution in [0.5, 0.6) is 0 Å². The molecule has 0 N–H and O–H groups in total. The standard InChI is InChI=1S/C49H43F3N2O4/c1-7-47(5,8-2)32-19-15-28(16-20-32)29-17-21-34(22-18-29)53-43(55)38-25-31-23-33(49(50,51)52)26-37(36(31)27-39(38)44(53)56)41-35-14-12-11-13-30(35)24-40-42(41)46(58)54(45(40)57)48(6,9-3)10-4/h11-27H,7-10H2,1-6H3. The number of hydrogen-bond donors (Lipinski definition) is 0. The second kappa shape index (κ2) is 13.8. The number of rotatable bonds is 9. The average Bonchev–Trinajstić information content (AvgIpc) is 3.63. The van der Waals surface area contributed by atoms with Crippen molar-refractivity contribution in [3.8, 4) is 22.3 Å². The van der Waals surface area contributed by atoms with Gasteiger partial charge in [-0.1, -0.05) is 95.3 Å². The van der Waals surface area contributed by atoms with Crippen LogP contribution in [0, 0.1) is 0 Å². The van der Waals surface area contributed by atoms with E-state index < -0.39 is 40.9 Å². The lowest BCUT2D eigenvalue weighted by Crippen LogP contribution is -2.48. The van der Waals surface area contributed by atoms with E-state index in [4.69, 9.17) is 0 Å². The number of hydrogen-bond acceptors (Lipinski definition) is 4. The van der Waals surface area contributed by atoms with Gasteiger partial charge < -0.3 is 0 Å². The molecule has 0 bridgehead atoms. The van der Waals surface area contributed by atoms with Gasteiger partial charge in [-0.25, -0.2) is 4.90 Å². The number of halogens is 3. The van der Waals surface area contributed by atoms with Crippen molar-refractivity contribution in [1.82, 2.24) is 4.90 Å². The van der Waals surface area contributed by atoms with Crippen LogP contribution in [0.15, 0.2) is 103 Å². The highest BCUT2D eigenvalue weighted by Gasteiger charge is 2.47. The largest absolute Gasteiger partial charge is 0.416 e. The topological polar surface area (TPSA) is 74.8 Å². The van der Waals surface area contributed by atoms with Gasteiger partial charge in [-0.2, -0.15) is 13.2 Å². The molecule has 2 aliphatic heterocycles. The van der Waals surface area contributed by atoms with Crippen molar-refractivity contribution in [1.29, 1.82) is 0 Å². The highest BCUT2D eigenvalue weighted by Crippen LogP contribution is 2.47. The molecule has 9 heteroatoms. The number of carbonyl (C=O) groups is 4. The smallest absolute Gasteiger partial charge is 0.269 e. The van der Waals surface area contributed by atoms with Crippen LogP contribution in [0.3, 0.4) is 0 Å². The number of anilines is 1. The Labute approximate surface area is 335 Å². The van der Waals surface area contributed by atoms with Crippen LogP contribution in [0.25, 0.3) is 43.8 Å². The molecule has 6 nitrogen and oxygen atoms in total. The van der Waals surface area contributed by atoms with Crippen molar-refractivity contribution in [2.24, 2.45) is 0 Å². The lowest BCUT2D eigenvalue weighted by atomic mass is 9.77. The van der Waals surface area contributed by atoms with E-state index in [1.165, 1.54) is 22.6 Å². The summed E-state index contributed by atoms with van der Waals surface area (Å²) < 4.78 is 44.2. The Hall–Kier alpha value is -6.09. The summed E-state index contributed by atoms with van der Waals surface area (Å²) in [6.45, 7) is 12.2. The molecular formula is C49H43F3N2O4. The first-order valence-corrected chi connectivity index (χ1v) is 19.8. The van der Waals surface area contributed by atoms with Crippen molar-refractivity contribution in [2.75, 3.05) is 4.90 Å². The molecule has 2 heterocycles. The SMILES string of the molecule is CCC(C)(CC)c1ccc(-c2ccc(N3C(=O)c4cc5cc(C(F)(F)F)cc(-c6c7c(cc8ccccc68)C(=O)N(C(C)(CC)CC)C7=O)c5cc4C3=O)cc2)cc1. The molecule has 8 rings (SSSR count). The van der Waals surface area contributed by atoms with E-state index in [2.05, 4.69) is 45.0 Å². The molecule has 0 aliphatic carbocycles. The Balaban J connectivity index is 1.26. The van der Waals surface area contributed by atoms with Gasteiger partial charge in [0.25, 0.3) is 23.6 Å². The third-order valence-electron chi connectivity index (χ3n) is 13.1. The van der Waals surface area contributed by atoms with E-state index >= 15 is 0 Å². The van der Waals surface area contributed by atoms with E-state index in [1.54, 1.807) is 42.5 Å². The lowest BCUT2D eigenvalue weighted by molar-refractivity contribution is -0.137. The third-order valence-corrected chi connectivity index (χ3v) is 13.1. The molecule has 0 fully saturated rings. The van der Waals surface area contributed by atoms with Crippen LogP contribution in [0.4, 0.5) is 18.9 Å². The molecule has 0 saturated carbocycles. The molecule has 6 aromatic carbocycles. The van der Waals surface area contributed by atoms with E-state index in [0.29, 0.717) is 29.3 Å². The van der Waals surface area contributed by atoms with Gasteiger partial charge in [0.2, 0.25) is 0 Å². The maximum Gasteiger partial charge on any atom is 0.416 e. The van der Waals surface area contributed by atoms with Gasteiger partial charge in [0, 0.05) is 11.1 Å². The Morgan fingerprint density at radius 3 is 1.66 bits per heavy atom. The molecule has 6 aromatic rings. The number of alkyl halides is 3. The van der Waals surface area contributed by atoms with E-state index in [9.17, 15) is 32.3 Å². The molecule has 0 saturated heterocycles. The van der Waals surface area contributed by atoms with Crippen LogP contribution in [0.1, 0.15) is 120 Å². The Bertz CT molecular complexity index is 2710. The van der Waals surface area contributed by atoms with Gasteiger partial charge in [-0.3, -0.25) is 24.1 Å². The molecular weight excluding hydrogens is 738 g/mol. The fourth-order valence-corrected chi connectivity index (χ4v) is 8.63. The molecule has 0 spiro atoms. The number of nitrogens with zero attached hydrogens (tertiary/aromatic N) is 2. The van der Waals surface area contributed by atoms with Crippen molar-refractivity contribution in [3.63, 3.8) is 0 Å². The quantitative estimate of drug-likeness (QED) is 0.137. The average molecular weight is 781 g/mol. The summed E-state index contributed by atoms with van der Waals surface area (Å²) in [5, 5.41) is 1.35. The molecule has 294 valence electrons. The van der Waals surface area contributed by atoms with Crippen molar-refractivity contribution in [3.05, 3.63) is 137 Å². The maximum atomic E-state index is 14.7. The first kappa shape index (κ1) is 38.8. The number of imide groups is 2. The van der Waals surface area contributed by atoms with Crippen LogP contribution in [-0.2, 0) is 11.6 Å². The van der Waals surface area contributed by atoms with Gasteiger partial charge in [0.1, 0.15) is 0 Å². The molecule has 58 heavy (non-hydrogen) atoms. The molecule has 0 radical (unpaired) electrons. The van der Waals surface area contributed by atoms with Gasteiger partial charge in [-0.05, 0) is 124 Å². The van der Waals surface area contributed by atoms with Crippen LogP contribution in [0.2, 0.25) is 0 Å². The summed E-state index contributed by atoms with van der Waals surface area (Å²) in [7, 11) is 0. The first-order chi connectivity index (χ1) is 27.6. The van der Waals surface area contributed by atoms with Crippen LogP contribution >= 0.6 is 0 Å². The molecule has 0 unspecified atom stereocenters. The highest BCUT2D eigenvalue weighted by atomic mass is 19.4. The van der Waals surface area contributed by atoms with Crippen molar-refractivity contribution < 1.29 is 32.3 Å². The molecule has 4 amide bonds. The van der Waals surface area contributed by atoms with Crippen molar-refractivity contribution >= 4 is 50.9 Å². The number of benzene rings is 6. The Morgan fingerprint density at radius 2 is 1.07 bits per heavy atom. The fraction of sp³-hybridized carbons (Fsp3) is 0.265. The monoisotopic (exact) mass is 780 g/mol. The van der Waals surface area contributed by atoms with E-state index in [-0.39, 0.29) is 49.6 Å². The Kier molecular flexibility index (Phi) is 9.22. The lowest BCUT2D eigenvalue weighted by Gasteiger charge is -2.35. The predicted molar refractivity (Wildman–Crippen MR) is 222 cm³/mol. The molecule has 0 atom stereocenters. The Morgan fingerprint density at radius 1 is 0.500 bits per heavy atom. The minimum atomic E-state index is -4.80. The third kappa shape index (κ3) is 5.85. The second-order valence-corrected chi connectivity index (χ2v) is 16.0. The van der Waals surface area contributed by atoms with Crippen LogP contribution < -0.4 is 4.90 Å². The molecule has 0 aromatic heterocycles. The highest BCUT2D eigenvalue weighted by molar-refractivity contribution is 6.36. The fourth-order valence-electron chi connectivity index (χ4n) is 8.63. The summed E-state index contributed by atoms with van der Waals surface area (Å²) in [6.07, 6.45) is -1.82. The zero-order valence-electron chi connectivity index (χ0n) is 33.3. The van der Waals surface area contributed by atoms with Crippen LogP contribution in [-0.4, -0.2) is 34.1 Å². The predicted octanol–water partition coefficient (Wildman–Crippen LogP) is 12.4. The number of amides is 4. The van der Waals surface area contributed by atoms with Gasteiger partial charge in [-0.15, -0.1) is 0 Å². The van der Waals surface area contributed by atoms with Gasteiger partial charge in [0.05, 0.1) is 33.5 Å². The zero-order chi connectivity index (χ0) is 41.5. The summed E-state index contributed by atoms with van der Waals surface area (Å²) in [5.41, 5.74) is 2.01. The van der Waals surface area contributed by atoms with E-state index in [0.717, 1.165) is 41.0 Å². The first-order valence-electron chi connectivity index (χ1n) is 19.8. The molecule has 2 aliphatic rings. The zero-order valence-corrected chi connectivity index (χ0v) is 33.3. The van der Waals surface area contributed by atoms with Gasteiger partial charge >= 0.3 is 6.18 Å².